The maximum absolute atomic E-state index is 13.8. The van der Waals surface area contributed by atoms with Crippen LogP contribution < -0.4 is 0 Å². The molecule has 98 valence electrons. The number of hydrogen-bond donors (Lipinski definition) is 0. The fourth-order valence-corrected chi connectivity index (χ4v) is 1.86. The molecule has 0 atom stereocenters. The lowest BCUT2D eigenvalue weighted by atomic mass is 10.1. The number of aryl methyl sites for hydroxylation is 1. The van der Waals surface area contributed by atoms with E-state index in [1.165, 1.54) is 6.92 Å². The van der Waals surface area contributed by atoms with E-state index in [1.54, 1.807) is 0 Å². The zero-order chi connectivity index (χ0) is 13.7. The predicted octanol–water partition coefficient (Wildman–Crippen LogP) is 3.35. The van der Waals surface area contributed by atoms with Crippen LogP contribution in [0.2, 0.25) is 0 Å². The van der Waals surface area contributed by atoms with Crippen molar-refractivity contribution in [2.24, 2.45) is 0 Å². The minimum Gasteiger partial charge on any atom is -0.457 e. The zero-order valence-electron chi connectivity index (χ0n) is 9.30. The van der Waals surface area contributed by atoms with Gasteiger partial charge in [0.25, 0.3) is 0 Å². The Kier molecular flexibility index (Phi) is 2.34. The first-order valence-electron chi connectivity index (χ1n) is 5.04. The van der Waals surface area contributed by atoms with Gasteiger partial charge in [0.15, 0.2) is 17.2 Å². The number of nitrogens with zero attached hydrogens (tertiary/aromatic N) is 2. The second-order valence-corrected chi connectivity index (χ2v) is 3.75. The van der Waals surface area contributed by atoms with Crippen molar-refractivity contribution in [1.82, 2.24) is 10.1 Å². The van der Waals surface area contributed by atoms with E-state index < -0.39 is 34.2 Å². The molecule has 3 aromatic rings. The Morgan fingerprint density at radius 1 is 1.00 bits per heavy atom. The van der Waals surface area contributed by atoms with Gasteiger partial charge in [-0.15, -0.1) is 0 Å². The quantitative estimate of drug-likeness (QED) is 0.387. The minimum atomic E-state index is -1.93. The van der Waals surface area contributed by atoms with E-state index in [1.807, 2.05) is 0 Å². The molecule has 0 N–H and O–H groups in total. The molecule has 2 aromatic heterocycles. The van der Waals surface area contributed by atoms with Crippen molar-refractivity contribution in [3.8, 4) is 11.4 Å². The standard InChI is InChI=1S/C11H4F4N2O2/c1-3-4(11-16-2-18-17-11)5-6(12)7(13)8(14)9(15)10(5)19-3/h2H,1H3. The summed E-state index contributed by atoms with van der Waals surface area (Å²) in [6, 6.07) is 0. The van der Waals surface area contributed by atoms with Gasteiger partial charge < -0.3 is 8.94 Å². The van der Waals surface area contributed by atoms with Gasteiger partial charge in [0, 0.05) is 0 Å². The van der Waals surface area contributed by atoms with E-state index in [-0.39, 0.29) is 17.1 Å². The molecule has 0 aliphatic heterocycles. The molecule has 4 nitrogen and oxygen atoms in total. The third-order valence-electron chi connectivity index (χ3n) is 2.67. The van der Waals surface area contributed by atoms with Crippen molar-refractivity contribution in [2.75, 3.05) is 0 Å². The molecule has 0 radical (unpaired) electrons. The summed E-state index contributed by atoms with van der Waals surface area (Å²) in [5.74, 6) is -7.12. The molecular weight excluding hydrogens is 268 g/mol. The summed E-state index contributed by atoms with van der Waals surface area (Å²) in [6.07, 6.45) is 0.960. The molecule has 0 fully saturated rings. The Morgan fingerprint density at radius 2 is 1.68 bits per heavy atom. The van der Waals surface area contributed by atoms with Gasteiger partial charge in [-0.25, -0.2) is 13.2 Å². The van der Waals surface area contributed by atoms with E-state index in [2.05, 4.69) is 14.7 Å². The first kappa shape index (κ1) is 11.7. The number of benzene rings is 1. The summed E-state index contributed by atoms with van der Waals surface area (Å²) in [4.78, 5) is 3.65. The summed E-state index contributed by atoms with van der Waals surface area (Å²) >= 11 is 0. The maximum Gasteiger partial charge on any atom is 0.214 e. The lowest BCUT2D eigenvalue weighted by Crippen LogP contribution is -1.97. The van der Waals surface area contributed by atoms with Gasteiger partial charge in [-0.05, 0) is 6.92 Å². The molecule has 0 aliphatic carbocycles. The van der Waals surface area contributed by atoms with Crippen molar-refractivity contribution in [2.45, 2.75) is 6.92 Å². The Bertz CT molecular complexity index is 780. The molecule has 3 rings (SSSR count). The van der Waals surface area contributed by atoms with Crippen molar-refractivity contribution in [1.29, 1.82) is 0 Å². The Labute approximate surface area is 102 Å². The highest BCUT2D eigenvalue weighted by Gasteiger charge is 2.28. The largest absolute Gasteiger partial charge is 0.457 e. The summed E-state index contributed by atoms with van der Waals surface area (Å²) in [5, 5.41) is 2.88. The van der Waals surface area contributed by atoms with Gasteiger partial charge in [-0.2, -0.15) is 9.37 Å². The molecule has 0 bridgehead atoms. The SMILES string of the molecule is Cc1oc2c(F)c(F)c(F)c(F)c2c1-c1ncon1. The van der Waals surface area contributed by atoms with Crippen LogP contribution >= 0.6 is 0 Å². The van der Waals surface area contributed by atoms with Crippen molar-refractivity contribution in [3.63, 3.8) is 0 Å². The lowest BCUT2D eigenvalue weighted by molar-refractivity contribution is 0.409. The number of aromatic nitrogens is 2. The molecule has 19 heavy (non-hydrogen) atoms. The van der Waals surface area contributed by atoms with E-state index in [9.17, 15) is 17.6 Å². The Balaban J connectivity index is 2.51. The van der Waals surface area contributed by atoms with Gasteiger partial charge in [-0.1, -0.05) is 5.16 Å². The second-order valence-electron chi connectivity index (χ2n) is 3.75. The third-order valence-corrected chi connectivity index (χ3v) is 2.67. The third kappa shape index (κ3) is 1.46. The van der Waals surface area contributed by atoms with E-state index >= 15 is 0 Å². The van der Waals surface area contributed by atoms with Gasteiger partial charge in [0.1, 0.15) is 5.76 Å². The van der Waals surface area contributed by atoms with Gasteiger partial charge >= 0.3 is 0 Å². The van der Waals surface area contributed by atoms with Crippen molar-refractivity contribution in [3.05, 3.63) is 35.4 Å². The number of fused-ring (bicyclic) bond motifs is 1. The highest BCUT2D eigenvalue weighted by Crippen LogP contribution is 2.37. The first-order valence-corrected chi connectivity index (χ1v) is 5.04. The fourth-order valence-electron chi connectivity index (χ4n) is 1.86. The van der Waals surface area contributed by atoms with E-state index in [0.717, 1.165) is 6.39 Å². The predicted molar refractivity (Wildman–Crippen MR) is 54.1 cm³/mol. The number of rotatable bonds is 1. The number of furan rings is 1. The van der Waals surface area contributed by atoms with Crippen LogP contribution in [0.4, 0.5) is 17.6 Å². The molecule has 0 saturated carbocycles. The van der Waals surface area contributed by atoms with Gasteiger partial charge in [-0.3, -0.25) is 0 Å². The second kappa shape index (κ2) is 3.81. The number of hydrogen-bond acceptors (Lipinski definition) is 4. The van der Waals surface area contributed by atoms with Crippen LogP contribution in [0.5, 0.6) is 0 Å². The van der Waals surface area contributed by atoms with Crippen LogP contribution in [0.15, 0.2) is 15.3 Å². The zero-order valence-corrected chi connectivity index (χ0v) is 9.30. The van der Waals surface area contributed by atoms with Crippen LogP contribution in [0.3, 0.4) is 0 Å². The van der Waals surface area contributed by atoms with Crippen LogP contribution in [0, 0.1) is 30.2 Å². The molecule has 8 heteroatoms. The highest BCUT2D eigenvalue weighted by atomic mass is 19.2. The minimum absolute atomic E-state index is 0.0131. The van der Waals surface area contributed by atoms with Gasteiger partial charge in [0.05, 0.1) is 10.9 Å². The smallest absolute Gasteiger partial charge is 0.214 e. The number of halogens is 4. The first-order chi connectivity index (χ1) is 9.02. The van der Waals surface area contributed by atoms with Crippen LogP contribution in [-0.4, -0.2) is 10.1 Å². The molecular formula is C11H4F4N2O2. The topological polar surface area (TPSA) is 52.1 Å². The lowest BCUT2D eigenvalue weighted by Gasteiger charge is -1.99. The fraction of sp³-hybridized carbons (Fsp3) is 0.0909. The average molecular weight is 272 g/mol. The van der Waals surface area contributed by atoms with Crippen LogP contribution in [0.25, 0.3) is 22.4 Å². The van der Waals surface area contributed by atoms with Crippen molar-refractivity contribution >= 4 is 11.0 Å². The molecule has 0 spiro atoms. The normalized spacial score (nSPS) is 11.4. The highest BCUT2D eigenvalue weighted by molar-refractivity contribution is 5.94. The van der Waals surface area contributed by atoms with Crippen LogP contribution in [0.1, 0.15) is 5.76 Å². The monoisotopic (exact) mass is 272 g/mol. The Hall–Kier alpha value is -2.38. The maximum atomic E-state index is 13.8. The van der Waals surface area contributed by atoms with Gasteiger partial charge in [0.2, 0.25) is 23.9 Å². The molecule has 0 amide bonds. The summed E-state index contributed by atoms with van der Waals surface area (Å²) in [6.45, 7) is 1.36. The summed E-state index contributed by atoms with van der Waals surface area (Å²) < 4.78 is 63.1. The molecule has 0 aliphatic rings. The summed E-state index contributed by atoms with van der Waals surface area (Å²) in [7, 11) is 0. The molecule has 0 saturated heterocycles. The molecule has 1 aromatic carbocycles. The molecule has 2 heterocycles. The van der Waals surface area contributed by atoms with Crippen molar-refractivity contribution < 1.29 is 26.5 Å². The van der Waals surface area contributed by atoms with E-state index in [4.69, 9.17) is 4.42 Å². The summed E-state index contributed by atoms with van der Waals surface area (Å²) in [5.41, 5.74) is -0.812. The molecule has 0 unspecified atom stereocenters. The van der Waals surface area contributed by atoms with E-state index in [0.29, 0.717) is 0 Å². The Morgan fingerprint density at radius 3 is 2.32 bits per heavy atom. The average Bonchev–Trinajstić information content (AvgIpc) is 3.00. The van der Waals surface area contributed by atoms with Crippen LogP contribution in [-0.2, 0) is 0 Å².